The van der Waals surface area contributed by atoms with Gasteiger partial charge >= 0.3 is 0 Å². The van der Waals surface area contributed by atoms with Gasteiger partial charge in [-0.05, 0) is 24.1 Å². The Morgan fingerprint density at radius 1 is 1.24 bits per heavy atom. The SMILES string of the molecule is CCCC[C@@H]1S/C(=N/N=C\c2ccco2)N(Cc2ccccc2)C1=O. The van der Waals surface area contributed by atoms with Crippen LogP contribution in [0.25, 0.3) is 0 Å². The zero-order valence-corrected chi connectivity index (χ0v) is 15.0. The fourth-order valence-electron chi connectivity index (χ4n) is 2.57. The zero-order chi connectivity index (χ0) is 17.5. The number of carbonyl (C=O) groups is 1. The molecule has 1 aliphatic rings. The van der Waals surface area contributed by atoms with Crippen LogP contribution in [0.4, 0.5) is 0 Å². The van der Waals surface area contributed by atoms with Crippen molar-refractivity contribution in [1.29, 1.82) is 0 Å². The fraction of sp³-hybridized carbons (Fsp3) is 0.316. The number of carbonyl (C=O) groups excluding carboxylic acids is 1. The Morgan fingerprint density at radius 2 is 2.08 bits per heavy atom. The lowest BCUT2D eigenvalue weighted by molar-refractivity contribution is -0.126. The topological polar surface area (TPSA) is 58.2 Å². The van der Waals surface area contributed by atoms with Gasteiger partial charge in [0.25, 0.3) is 0 Å². The van der Waals surface area contributed by atoms with Gasteiger partial charge in [0.1, 0.15) is 5.76 Å². The van der Waals surface area contributed by atoms with Crippen molar-refractivity contribution in [1.82, 2.24) is 4.90 Å². The number of amides is 1. The molecule has 5 nitrogen and oxygen atoms in total. The van der Waals surface area contributed by atoms with Crippen LogP contribution in [0.1, 0.15) is 37.5 Å². The number of unbranched alkanes of at least 4 members (excludes halogenated alkanes) is 1. The molecule has 0 N–H and O–H groups in total. The van der Waals surface area contributed by atoms with Crippen molar-refractivity contribution in [2.45, 2.75) is 38.0 Å². The molecule has 1 saturated heterocycles. The molecule has 25 heavy (non-hydrogen) atoms. The molecule has 2 heterocycles. The molecule has 0 aliphatic carbocycles. The van der Waals surface area contributed by atoms with Gasteiger partial charge in [0, 0.05) is 0 Å². The Kier molecular flexibility index (Phi) is 6.06. The minimum Gasteiger partial charge on any atom is -0.463 e. The van der Waals surface area contributed by atoms with Crippen LogP contribution >= 0.6 is 11.8 Å². The number of nitrogens with zero attached hydrogens (tertiary/aromatic N) is 3. The number of benzene rings is 1. The molecule has 0 bridgehead atoms. The summed E-state index contributed by atoms with van der Waals surface area (Å²) in [5, 5.41) is 8.95. The van der Waals surface area contributed by atoms with E-state index in [9.17, 15) is 4.79 Å². The summed E-state index contributed by atoms with van der Waals surface area (Å²) in [6, 6.07) is 13.6. The summed E-state index contributed by atoms with van der Waals surface area (Å²) in [6.07, 6.45) is 6.12. The standard InChI is InChI=1S/C19H21N3O2S/c1-2-3-11-17-18(23)22(14-15-8-5-4-6-9-15)19(25-17)21-20-13-16-10-7-12-24-16/h4-10,12-13,17H,2-3,11,14H2,1H3/b20-13-,21-19+/t17-/m0/s1. The number of thioether (sulfide) groups is 1. The molecule has 1 aromatic carbocycles. The molecule has 1 aliphatic heterocycles. The van der Waals surface area contributed by atoms with Gasteiger partial charge in [0.05, 0.1) is 24.3 Å². The minimum absolute atomic E-state index is 0.0683. The van der Waals surface area contributed by atoms with E-state index in [2.05, 4.69) is 17.1 Å². The summed E-state index contributed by atoms with van der Waals surface area (Å²) < 4.78 is 5.21. The van der Waals surface area contributed by atoms with Crippen LogP contribution in [0.5, 0.6) is 0 Å². The van der Waals surface area contributed by atoms with Crippen molar-refractivity contribution in [3.05, 3.63) is 60.1 Å². The molecule has 130 valence electrons. The maximum atomic E-state index is 12.8. The third-order valence-electron chi connectivity index (χ3n) is 3.89. The van der Waals surface area contributed by atoms with Gasteiger partial charge in [0.2, 0.25) is 5.91 Å². The van der Waals surface area contributed by atoms with E-state index >= 15 is 0 Å². The molecule has 0 saturated carbocycles. The smallest absolute Gasteiger partial charge is 0.242 e. The minimum atomic E-state index is -0.0683. The molecule has 2 aromatic rings. The molecular formula is C19H21N3O2S. The summed E-state index contributed by atoms with van der Waals surface area (Å²) in [4.78, 5) is 14.5. The highest BCUT2D eigenvalue weighted by atomic mass is 32.2. The third kappa shape index (κ3) is 4.60. The second-order valence-corrected chi connectivity index (χ2v) is 6.97. The molecule has 3 rings (SSSR count). The first-order valence-corrected chi connectivity index (χ1v) is 9.32. The van der Waals surface area contributed by atoms with Gasteiger partial charge in [-0.1, -0.05) is 61.9 Å². The maximum absolute atomic E-state index is 12.8. The first-order valence-electron chi connectivity index (χ1n) is 8.44. The molecule has 1 aromatic heterocycles. The lowest BCUT2D eigenvalue weighted by atomic mass is 10.1. The van der Waals surface area contributed by atoms with Crippen molar-refractivity contribution in [2.75, 3.05) is 0 Å². The molecule has 0 spiro atoms. The van der Waals surface area contributed by atoms with E-state index in [1.807, 2.05) is 36.4 Å². The van der Waals surface area contributed by atoms with Gasteiger partial charge in [0.15, 0.2) is 5.17 Å². The van der Waals surface area contributed by atoms with Gasteiger partial charge in [-0.2, -0.15) is 5.10 Å². The summed E-state index contributed by atoms with van der Waals surface area (Å²) in [5.74, 6) is 0.755. The summed E-state index contributed by atoms with van der Waals surface area (Å²) >= 11 is 1.51. The van der Waals surface area contributed by atoms with Gasteiger partial charge in [-0.25, -0.2) is 0 Å². The van der Waals surface area contributed by atoms with Crippen molar-refractivity contribution in [2.24, 2.45) is 10.2 Å². The summed E-state index contributed by atoms with van der Waals surface area (Å²) in [6.45, 7) is 2.65. The van der Waals surface area contributed by atoms with Crippen molar-refractivity contribution in [3.8, 4) is 0 Å². The van der Waals surface area contributed by atoms with Gasteiger partial charge in [-0.3, -0.25) is 9.69 Å². The normalized spacial score (nSPS) is 19.4. The Bertz CT molecular complexity index is 741. The van der Waals surface area contributed by atoms with Crippen LogP contribution in [-0.4, -0.2) is 27.4 Å². The van der Waals surface area contributed by atoms with Crippen LogP contribution in [0.15, 0.2) is 63.3 Å². The fourth-order valence-corrected chi connectivity index (χ4v) is 3.71. The summed E-state index contributed by atoms with van der Waals surface area (Å²) in [5.41, 5.74) is 1.08. The number of amidine groups is 1. The average Bonchev–Trinajstić information content (AvgIpc) is 3.25. The lowest BCUT2D eigenvalue weighted by Gasteiger charge is -2.15. The van der Waals surface area contributed by atoms with E-state index < -0.39 is 0 Å². The van der Waals surface area contributed by atoms with Crippen molar-refractivity contribution < 1.29 is 9.21 Å². The molecule has 1 atom stereocenters. The van der Waals surface area contributed by atoms with E-state index in [0.29, 0.717) is 17.5 Å². The van der Waals surface area contributed by atoms with Crippen LogP contribution in [-0.2, 0) is 11.3 Å². The van der Waals surface area contributed by atoms with Crippen LogP contribution in [0, 0.1) is 0 Å². The Morgan fingerprint density at radius 3 is 2.80 bits per heavy atom. The number of furan rings is 1. The highest BCUT2D eigenvalue weighted by Crippen LogP contribution is 2.32. The number of rotatable bonds is 7. The van der Waals surface area contributed by atoms with E-state index in [-0.39, 0.29) is 11.2 Å². The Labute approximate surface area is 151 Å². The second-order valence-electron chi connectivity index (χ2n) is 5.80. The molecule has 1 amide bonds. The van der Waals surface area contributed by atoms with Crippen LogP contribution in [0.3, 0.4) is 0 Å². The predicted molar refractivity (Wildman–Crippen MR) is 102 cm³/mol. The highest BCUT2D eigenvalue weighted by Gasteiger charge is 2.37. The van der Waals surface area contributed by atoms with E-state index in [1.54, 1.807) is 23.4 Å². The highest BCUT2D eigenvalue weighted by molar-refractivity contribution is 8.15. The van der Waals surface area contributed by atoms with Crippen LogP contribution < -0.4 is 0 Å². The number of hydrogen-bond acceptors (Lipinski definition) is 5. The van der Waals surface area contributed by atoms with Crippen molar-refractivity contribution in [3.63, 3.8) is 0 Å². The predicted octanol–water partition coefficient (Wildman–Crippen LogP) is 4.30. The summed E-state index contributed by atoms with van der Waals surface area (Å²) in [7, 11) is 0. The first-order chi connectivity index (χ1) is 12.3. The Hall–Kier alpha value is -2.34. The monoisotopic (exact) mass is 355 g/mol. The van der Waals surface area contributed by atoms with Gasteiger partial charge in [-0.15, -0.1) is 5.10 Å². The second kappa shape index (κ2) is 8.67. The lowest BCUT2D eigenvalue weighted by Crippen LogP contribution is -2.31. The van der Waals surface area contributed by atoms with E-state index in [0.717, 1.165) is 24.8 Å². The molecule has 0 unspecified atom stereocenters. The third-order valence-corrected chi connectivity index (χ3v) is 5.13. The first kappa shape index (κ1) is 17.5. The molecule has 0 radical (unpaired) electrons. The average molecular weight is 355 g/mol. The molecular weight excluding hydrogens is 334 g/mol. The van der Waals surface area contributed by atoms with Crippen LogP contribution in [0.2, 0.25) is 0 Å². The largest absolute Gasteiger partial charge is 0.463 e. The van der Waals surface area contributed by atoms with E-state index in [1.165, 1.54) is 11.8 Å². The number of hydrogen-bond donors (Lipinski definition) is 0. The maximum Gasteiger partial charge on any atom is 0.242 e. The Balaban J connectivity index is 1.77. The quantitative estimate of drug-likeness (QED) is 0.549. The molecule has 6 heteroatoms. The molecule has 1 fully saturated rings. The van der Waals surface area contributed by atoms with Gasteiger partial charge < -0.3 is 4.42 Å². The zero-order valence-electron chi connectivity index (χ0n) is 14.2. The van der Waals surface area contributed by atoms with E-state index in [4.69, 9.17) is 4.42 Å². The van der Waals surface area contributed by atoms with Crippen molar-refractivity contribution >= 4 is 29.1 Å².